The molecule has 2 aromatic heterocycles. The number of H-pyrrole nitrogens is 1. The highest BCUT2D eigenvalue weighted by atomic mass is 79.9. The largest absolute Gasteiger partial charge is 0.392 e. The number of aliphatic hydroxyl groups excluding tert-OH is 1. The Hall–Kier alpha value is -2.49. The van der Waals surface area contributed by atoms with Crippen LogP contribution in [0.2, 0.25) is 0 Å². The number of likely N-dealkylation sites (tertiary alicyclic amines) is 1. The lowest BCUT2D eigenvalue weighted by Crippen LogP contribution is -2.21. The van der Waals surface area contributed by atoms with Crippen LogP contribution in [0.4, 0.5) is 17.5 Å². The second-order valence-electron chi connectivity index (χ2n) is 7.15. The van der Waals surface area contributed by atoms with E-state index in [0.717, 1.165) is 60.7 Å². The molecule has 1 aliphatic rings. The van der Waals surface area contributed by atoms with Gasteiger partial charge in [0.15, 0.2) is 0 Å². The molecule has 1 aromatic carbocycles. The van der Waals surface area contributed by atoms with Gasteiger partial charge in [0.05, 0.1) is 16.9 Å². The molecule has 1 fully saturated rings. The van der Waals surface area contributed by atoms with Crippen molar-refractivity contribution >= 4 is 33.4 Å². The zero-order valence-electron chi connectivity index (χ0n) is 16.0. The van der Waals surface area contributed by atoms with Crippen molar-refractivity contribution in [3.63, 3.8) is 0 Å². The lowest BCUT2D eigenvalue weighted by molar-refractivity contribution is 0.175. The van der Waals surface area contributed by atoms with Gasteiger partial charge in [0.2, 0.25) is 5.95 Å². The summed E-state index contributed by atoms with van der Waals surface area (Å²) < 4.78 is 0.814. The van der Waals surface area contributed by atoms with E-state index < -0.39 is 0 Å². The van der Waals surface area contributed by atoms with Crippen LogP contribution in [-0.4, -0.2) is 55.7 Å². The van der Waals surface area contributed by atoms with E-state index in [1.807, 2.05) is 18.3 Å². The topological polar surface area (TPSA) is 102 Å². The molecule has 4 rings (SSSR count). The Balaban J connectivity index is 1.38. The molecule has 1 aliphatic heterocycles. The zero-order chi connectivity index (χ0) is 20.1. The highest BCUT2D eigenvalue weighted by Crippen LogP contribution is 2.23. The van der Waals surface area contributed by atoms with Gasteiger partial charge in [0, 0.05) is 56.4 Å². The van der Waals surface area contributed by atoms with Crippen molar-refractivity contribution in [3.05, 3.63) is 58.7 Å². The van der Waals surface area contributed by atoms with E-state index in [2.05, 4.69) is 63.5 Å². The van der Waals surface area contributed by atoms with Crippen LogP contribution in [0.25, 0.3) is 0 Å². The Kier molecular flexibility index (Phi) is 6.38. The third-order valence-electron chi connectivity index (χ3n) is 4.82. The first-order valence-corrected chi connectivity index (χ1v) is 10.4. The predicted molar refractivity (Wildman–Crippen MR) is 116 cm³/mol. The molecule has 29 heavy (non-hydrogen) atoms. The number of benzene rings is 1. The Bertz CT molecular complexity index is 934. The number of aromatic nitrogens is 4. The van der Waals surface area contributed by atoms with Crippen LogP contribution in [0.15, 0.2) is 47.5 Å². The normalized spacial score (nSPS) is 16.8. The van der Waals surface area contributed by atoms with E-state index in [4.69, 9.17) is 0 Å². The standard InChI is InChI=1S/C20H24BrN7O/c21-18-10-24-20(27-19(18)23-6-4-16-9-22-13-25-16)26-15-3-1-2-14(8-15)11-28-7-5-17(29)12-28/h1-3,8-10,13,17,29H,4-7,11-12H2,(H,22,25)(H2,23,24,26,27). The summed E-state index contributed by atoms with van der Waals surface area (Å²) in [6.07, 6.45) is 6.71. The molecule has 0 saturated carbocycles. The van der Waals surface area contributed by atoms with Crippen LogP contribution in [-0.2, 0) is 13.0 Å². The number of imidazole rings is 1. The Morgan fingerprint density at radius 3 is 3.03 bits per heavy atom. The van der Waals surface area contributed by atoms with E-state index in [1.165, 1.54) is 5.56 Å². The number of β-amino-alcohol motifs (C(OH)–C–C–N with tert-alkyl or cyclic N) is 1. The average Bonchev–Trinajstić information content (AvgIpc) is 3.36. The van der Waals surface area contributed by atoms with Gasteiger partial charge >= 0.3 is 0 Å². The van der Waals surface area contributed by atoms with Crippen molar-refractivity contribution < 1.29 is 5.11 Å². The smallest absolute Gasteiger partial charge is 0.229 e. The van der Waals surface area contributed by atoms with Crippen LogP contribution in [0.3, 0.4) is 0 Å². The highest BCUT2D eigenvalue weighted by Gasteiger charge is 2.19. The van der Waals surface area contributed by atoms with Crippen LogP contribution >= 0.6 is 15.9 Å². The number of halogens is 1. The fourth-order valence-electron chi connectivity index (χ4n) is 3.38. The predicted octanol–water partition coefficient (Wildman–Crippen LogP) is 2.93. The van der Waals surface area contributed by atoms with Gasteiger partial charge in [0.1, 0.15) is 5.82 Å². The zero-order valence-corrected chi connectivity index (χ0v) is 17.6. The van der Waals surface area contributed by atoms with Crippen LogP contribution in [0, 0.1) is 0 Å². The fourth-order valence-corrected chi connectivity index (χ4v) is 3.71. The molecule has 0 radical (unpaired) electrons. The van der Waals surface area contributed by atoms with Crippen LogP contribution < -0.4 is 10.6 Å². The number of hydrogen-bond acceptors (Lipinski definition) is 7. The average molecular weight is 458 g/mol. The molecule has 8 nitrogen and oxygen atoms in total. The van der Waals surface area contributed by atoms with Gasteiger partial charge in [-0.1, -0.05) is 12.1 Å². The lowest BCUT2D eigenvalue weighted by atomic mass is 10.2. The van der Waals surface area contributed by atoms with Crippen molar-refractivity contribution in [2.75, 3.05) is 30.3 Å². The minimum absolute atomic E-state index is 0.202. The summed E-state index contributed by atoms with van der Waals surface area (Å²) in [5, 5.41) is 16.3. The van der Waals surface area contributed by atoms with Gasteiger partial charge in [-0.15, -0.1) is 0 Å². The number of nitrogens with zero attached hydrogens (tertiary/aromatic N) is 4. The van der Waals surface area contributed by atoms with Crippen LogP contribution in [0.1, 0.15) is 17.7 Å². The van der Waals surface area contributed by atoms with E-state index in [9.17, 15) is 5.11 Å². The van der Waals surface area contributed by atoms with E-state index in [-0.39, 0.29) is 6.10 Å². The molecule has 0 bridgehead atoms. The Morgan fingerprint density at radius 1 is 1.31 bits per heavy atom. The van der Waals surface area contributed by atoms with E-state index in [1.54, 1.807) is 12.5 Å². The molecule has 1 atom stereocenters. The second kappa shape index (κ2) is 9.34. The fraction of sp³-hybridized carbons (Fsp3) is 0.350. The van der Waals surface area contributed by atoms with Gasteiger partial charge in [-0.25, -0.2) is 9.97 Å². The maximum atomic E-state index is 9.71. The molecule has 4 N–H and O–H groups in total. The number of nitrogens with one attached hydrogen (secondary N) is 3. The minimum Gasteiger partial charge on any atom is -0.392 e. The quantitative estimate of drug-likeness (QED) is 0.412. The summed E-state index contributed by atoms with van der Waals surface area (Å²) in [7, 11) is 0. The number of hydrogen-bond donors (Lipinski definition) is 4. The SMILES string of the molecule is OC1CCN(Cc2cccc(Nc3ncc(Br)c(NCCc4cnc[nH]4)n3)c2)C1. The summed E-state index contributed by atoms with van der Waals surface area (Å²) in [5.74, 6) is 1.27. The van der Waals surface area contributed by atoms with Crippen LogP contribution in [0.5, 0.6) is 0 Å². The molecule has 1 saturated heterocycles. The van der Waals surface area contributed by atoms with Crippen molar-refractivity contribution in [1.82, 2.24) is 24.8 Å². The number of aromatic amines is 1. The molecule has 3 heterocycles. The van der Waals surface area contributed by atoms with Crippen molar-refractivity contribution in [1.29, 1.82) is 0 Å². The molecule has 9 heteroatoms. The molecular formula is C20H24BrN7O. The van der Waals surface area contributed by atoms with E-state index >= 15 is 0 Å². The summed E-state index contributed by atoms with van der Waals surface area (Å²) in [6, 6.07) is 8.22. The maximum Gasteiger partial charge on any atom is 0.229 e. The first-order chi connectivity index (χ1) is 14.2. The van der Waals surface area contributed by atoms with Gasteiger partial charge in [-0.05, 0) is 40.0 Å². The van der Waals surface area contributed by atoms with E-state index in [0.29, 0.717) is 5.95 Å². The van der Waals surface area contributed by atoms with Crippen molar-refractivity contribution in [3.8, 4) is 0 Å². The van der Waals surface area contributed by atoms with Crippen molar-refractivity contribution in [2.45, 2.75) is 25.5 Å². The third kappa shape index (κ3) is 5.53. The number of aliphatic hydroxyl groups is 1. The molecule has 152 valence electrons. The molecule has 3 aromatic rings. The molecular weight excluding hydrogens is 434 g/mol. The summed E-state index contributed by atoms with van der Waals surface area (Å²) in [6.45, 7) is 3.23. The summed E-state index contributed by atoms with van der Waals surface area (Å²) in [5.41, 5.74) is 3.20. The van der Waals surface area contributed by atoms with Gasteiger partial charge in [0.25, 0.3) is 0 Å². The highest BCUT2D eigenvalue weighted by molar-refractivity contribution is 9.10. The first-order valence-electron chi connectivity index (χ1n) is 9.66. The summed E-state index contributed by atoms with van der Waals surface area (Å²) >= 11 is 3.50. The van der Waals surface area contributed by atoms with Gasteiger partial charge in [-0.3, -0.25) is 4.90 Å². The molecule has 0 amide bonds. The second-order valence-corrected chi connectivity index (χ2v) is 8.00. The lowest BCUT2D eigenvalue weighted by Gasteiger charge is -2.16. The molecule has 1 unspecified atom stereocenters. The van der Waals surface area contributed by atoms with Crippen molar-refractivity contribution in [2.24, 2.45) is 0 Å². The number of rotatable bonds is 8. The monoisotopic (exact) mass is 457 g/mol. The number of anilines is 3. The summed E-state index contributed by atoms with van der Waals surface area (Å²) in [4.78, 5) is 18.3. The maximum absolute atomic E-state index is 9.71. The third-order valence-corrected chi connectivity index (χ3v) is 5.40. The minimum atomic E-state index is -0.202. The molecule has 0 spiro atoms. The first kappa shape index (κ1) is 19.8. The van der Waals surface area contributed by atoms with Gasteiger partial charge in [-0.2, -0.15) is 4.98 Å². The Morgan fingerprint density at radius 2 is 2.24 bits per heavy atom. The Labute approximate surface area is 177 Å². The molecule has 0 aliphatic carbocycles. The van der Waals surface area contributed by atoms with Gasteiger partial charge < -0.3 is 20.7 Å².